The number of hydrogen-bond donors (Lipinski definition) is 1. The minimum absolute atomic E-state index is 0.106. The molecule has 0 bridgehead atoms. The normalized spacial score (nSPS) is 13.0. The highest BCUT2D eigenvalue weighted by Gasteiger charge is 2.29. The van der Waals surface area contributed by atoms with Gasteiger partial charge in [0.1, 0.15) is 5.60 Å². The summed E-state index contributed by atoms with van der Waals surface area (Å²) < 4.78 is 7.20. The molecule has 0 spiro atoms. The first-order valence-electron chi connectivity index (χ1n) is 7.89. The number of amides is 1. The molecule has 130 valence electrons. The van der Waals surface area contributed by atoms with E-state index in [1.807, 2.05) is 40.8 Å². The van der Waals surface area contributed by atoms with E-state index >= 15 is 0 Å². The Morgan fingerprint density at radius 2 is 2.04 bits per heavy atom. The van der Waals surface area contributed by atoms with Crippen LogP contribution in [-0.2, 0) is 21.4 Å². The largest absolute Gasteiger partial charge is 0.459 e. The number of primary amides is 1. The molecule has 1 amide bonds. The predicted octanol–water partition coefficient (Wildman–Crippen LogP) is 1.97. The minimum atomic E-state index is -0.609. The lowest BCUT2D eigenvalue weighted by molar-refractivity contribution is -0.157. The summed E-state index contributed by atoms with van der Waals surface area (Å²) in [7, 11) is 1.81. The third kappa shape index (κ3) is 4.10. The molecule has 1 atom stereocenters. The van der Waals surface area contributed by atoms with Crippen LogP contribution in [0, 0.1) is 6.92 Å². The first-order valence-corrected chi connectivity index (χ1v) is 7.89. The summed E-state index contributed by atoms with van der Waals surface area (Å²) >= 11 is 0. The lowest BCUT2D eigenvalue weighted by atomic mass is 9.92. The van der Waals surface area contributed by atoms with Gasteiger partial charge in [0, 0.05) is 24.5 Å². The highest BCUT2D eigenvalue weighted by molar-refractivity contribution is 5.83. The zero-order chi connectivity index (χ0) is 18.1. The quantitative estimate of drug-likeness (QED) is 0.844. The van der Waals surface area contributed by atoms with Crippen LogP contribution in [0.15, 0.2) is 12.3 Å². The van der Waals surface area contributed by atoms with E-state index in [4.69, 9.17) is 10.5 Å². The molecule has 7 nitrogen and oxygen atoms in total. The van der Waals surface area contributed by atoms with Gasteiger partial charge in [-0.05, 0) is 45.7 Å². The molecule has 2 rings (SSSR count). The predicted molar refractivity (Wildman–Crippen MR) is 90.3 cm³/mol. The van der Waals surface area contributed by atoms with Crippen LogP contribution >= 0.6 is 0 Å². The van der Waals surface area contributed by atoms with Gasteiger partial charge in [0.05, 0.1) is 12.1 Å². The minimum Gasteiger partial charge on any atom is -0.459 e. The molecule has 24 heavy (non-hydrogen) atoms. The lowest BCUT2D eigenvalue weighted by Crippen LogP contribution is -2.29. The summed E-state index contributed by atoms with van der Waals surface area (Å²) in [6, 6.07) is 1.89. The fraction of sp³-hybridized carbons (Fsp3) is 0.529. The van der Waals surface area contributed by atoms with Gasteiger partial charge >= 0.3 is 5.97 Å². The number of ether oxygens (including phenoxy) is 1. The third-order valence-electron chi connectivity index (χ3n) is 3.68. The van der Waals surface area contributed by atoms with Crippen molar-refractivity contribution in [2.75, 3.05) is 0 Å². The Morgan fingerprint density at radius 1 is 1.38 bits per heavy atom. The van der Waals surface area contributed by atoms with E-state index in [0.717, 1.165) is 16.6 Å². The van der Waals surface area contributed by atoms with E-state index in [2.05, 4.69) is 10.1 Å². The van der Waals surface area contributed by atoms with Crippen molar-refractivity contribution in [3.8, 4) is 0 Å². The molecule has 0 aliphatic carbocycles. The summed E-state index contributed by atoms with van der Waals surface area (Å²) in [5.74, 6) is -1.41. The van der Waals surface area contributed by atoms with E-state index < -0.39 is 17.4 Å². The van der Waals surface area contributed by atoms with Crippen LogP contribution in [0.2, 0.25) is 0 Å². The molecule has 2 aromatic heterocycles. The molecule has 0 radical (unpaired) electrons. The molecule has 0 saturated heterocycles. The van der Waals surface area contributed by atoms with Crippen LogP contribution in [0.3, 0.4) is 0 Å². The highest BCUT2D eigenvalue weighted by atomic mass is 16.6. The molecule has 0 fully saturated rings. The molecule has 2 heterocycles. The van der Waals surface area contributed by atoms with Crippen LogP contribution < -0.4 is 5.73 Å². The molecule has 2 aromatic rings. The van der Waals surface area contributed by atoms with Gasteiger partial charge in [-0.3, -0.25) is 14.3 Å². The number of hydrogen-bond acceptors (Lipinski definition) is 5. The van der Waals surface area contributed by atoms with Gasteiger partial charge in [-0.2, -0.15) is 5.10 Å². The van der Waals surface area contributed by atoms with Crippen molar-refractivity contribution >= 4 is 22.9 Å². The van der Waals surface area contributed by atoms with Crippen molar-refractivity contribution in [3.63, 3.8) is 0 Å². The van der Waals surface area contributed by atoms with Gasteiger partial charge < -0.3 is 10.5 Å². The number of aromatic nitrogens is 3. The second-order valence-corrected chi connectivity index (χ2v) is 6.94. The van der Waals surface area contributed by atoms with Crippen molar-refractivity contribution in [1.82, 2.24) is 14.8 Å². The average molecular weight is 332 g/mol. The first-order chi connectivity index (χ1) is 11.1. The van der Waals surface area contributed by atoms with Crippen molar-refractivity contribution in [3.05, 3.63) is 23.5 Å². The number of rotatable bonds is 5. The maximum absolute atomic E-state index is 12.6. The number of pyridine rings is 1. The standard InChI is InChI=1S/C17H24N4O3/c1-10-13(8-11-9-19-21(5)15(11)20-10)12(6-7-14(18)22)16(23)24-17(2,3)4/h8-9,12H,6-7H2,1-5H3,(H2,18,22). The topological polar surface area (TPSA) is 100 Å². The summed E-state index contributed by atoms with van der Waals surface area (Å²) in [6.07, 6.45) is 2.10. The molecular weight excluding hydrogens is 308 g/mol. The molecule has 0 aliphatic rings. The molecule has 0 saturated carbocycles. The number of fused-ring (bicyclic) bond motifs is 1. The van der Waals surface area contributed by atoms with E-state index in [9.17, 15) is 9.59 Å². The maximum Gasteiger partial charge on any atom is 0.314 e. The first kappa shape index (κ1) is 17.9. The SMILES string of the molecule is Cc1nc2c(cnn2C)cc1C(CCC(N)=O)C(=O)OC(C)(C)C. The summed E-state index contributed by atoms with van der Waals surface area (Å²) in [6.45, 7) is 7.27. The van der Waals surface area contributed by atoms with E-state index in [0.29, 0.717) is 12.1 Å². The Kier molecular flexibility index (Phi) is 4.91. The second-order valence-electron chi connectivity index (χ2n) is 6.94. The van der Waals surface area contributed by atoms with Gasteiger partial charge in [-0.15, -0.1) is 0 Å². The van der Waals surface area contributed by atoms with Crippen LogP contribution in [0.25, 0.3) is 11.0 Å². The molecule has 2 N–H and O–H groups in total. The van der Waals surface area contributed by atoms with Crippen LogP contribution in [-0.4, -0.2) is 32.2 Å². The van der Waals surface area contributed by atoms with Gasteiger partial charge in [-0.1, -0.05) is 0 Å². The molecule has 0 aromatic carbocycles. The second kappa shape index (κ2) is 6.59. The molecule has 0 aliphatic heterocycles. The van der Waals surface area contributed by atoms with Crippen molar-refractivity contribution < 1.29 is 14.3 Å². The van der Waals surface area contributed by atoms with Gasteiger partial charge in [0.25, 0.3) is 0 Å². The lowest BCUT2D eigenvalue weighted by Gasteiger charge is -2.24. The highest BCUT2D eigenvalue weighted by Crippen LogP contribution is 2.29. The number of nitrogens with two attached hydrogens (primary N) is 1. The monoisotopic (exact) mass is 332 g/mol. The number of carbonyl (C=O) groups is 2. The van der Waals surface area contributed by atoms with Crippen molar-refractivity contribution in [1.29, 1.82) is 0 Å². The molecule has 1 unspecified atom stereocenters. The Hall–Kier alpha value is -2.44. The Labute approximate surface area is 141 Å². The smallest absolute Gasteiger partial charge is 0.314 e. The zero-order valence-corrected chi connectivity index (χ0v) is 14.8. The van der Waals surface area contributed by atoms with Gasteiger partial charge in [-0.25, -0.2) is 4.98 Å². The Bertz CT molecular complexity index is 774. The van der Waals surface area contributed by atoms with Crippen LogP contribution in [0.4, 0.5) is 0 Å². The maximum atomic E-state index is 12.6. The Balaban J connectivity index is 2.43. The van der Waals surface area contributed by atoms with Crippen LogP contribution in [0.5, 0.6) is 0 Å². The number of nitrogens with zero attached hydrogens (tertiary/aromatic N) is 3. The fourth-order valence-electron chi connectivity index (χ4n) is 2.59. The Morgan fingerprint density at radius 3 is 2.62 bits per heavy atom. The van der Waals surface area contributed by atoms with E-state index in [-0.39, 0.29) is 12.4 Å². The number of esters is 1. The number of aryl methyl sites for hydroxylation is 2. The van der Waals surface area contributed by atoms with Gasteiger partial charge in [0.2, 0.25) is 5.91 Å². The fourth-order valence-corrected chi connectivity index (χ4v) is 2.59. The zero-order valence-electron chi connectivity index (χ0n) is 14.8. The van der Waals surface area contributed by atoms with Gasteiger partial charge in [0.15, 0.2) is 5.65 Å². The van der Waals surface area contributed by atoms with E-state index in [1.54, 1.807) is 10.9 Å². The van der Waals surface area contributed by atoms with Crippen LogP contribution in [0.1, 0.15) is 50.8 Å². The van der Waals surface area contributed by atoms with Crippen molar-refractivity contribution in [2.24, 2.45) is 12.8 Å². The number of carbonyl (C=O) groups excluding carboxylic acids is 2. The summed E-state index contributed by atoms with van der Waals surface area (Å²) in [4.78, 5) is 28.4. The molecular formula is C17H24N4O3. The third-order valence-corrected chi connectivity index (χ3v) is 3.68. The van der Waals surface area contributed by atoms with E-state index in [1.165, 1.54) is 0 Å². The average Bonchev–Trinajstić information content (AvgIpc) is 2.78. The summed E-state index contributed by atoms with van der Waals surface area (Å²) in [5.41, 5.74) is 6.85. The molecule has 7 heteroatoms. The van der Waals surface area contributed by atoms with Crippen molar-refractivity contribution in [2.45, 2.75) is 52.1 Å². The summed E-state index contributed by atoms with van der Waals surface area (Å²) in [5, 5.41) is 5.02.